The van der Waals surface area contributed by atoms with Crippen molar-refractivity contribution in [2.45, 2.75) is 25.4 Å². The number of amides is 1. The van der Waals surface area contributed by atoms with Gasteiger partial charge in [0.15, 0.2) is 0 Å². The lowest BCUT2D eigenvalue weighted by Crippen LogP contribution is -2.44. The molecule has 4 rings (SSSR count). The molecule has 3 aromatic rings. The van der Waals surface area contributed by atoms with Gasteiger partial charge in [-0.25, -0.2) is 4.39 Å². The van der Waals surface area contributed by atoms with E-state index in [0.717, 1.165) is 39.9 Å². The summed E-state index contributed by atoms with van der Waals surface area (Å²) in [6.07, 6.45) is 6.47. The van der Waals surface area contributed by atoms with Crippen LogP contribution < -0.4 is 0 Å². The summed E-state index contributed by atoms with van der Waals surface area (Å²) in [6, 6.07) is 16.1. The maximum atomic E-state index is 13.5. The van der Waals surface area contributed by atoms with Crippen LogP contribution in [0.4, 0.5) is 4.39 Å². The molecule has 2 unspecified atom stereocenters. The molecular weight excluding hydrogens is 379 g/mol. The van der Waals surface area contributed by atoms with Gasteiger partial charge in [-0.05, 0) is 53.5 Å². The number of nitrogens with zero attached hydrogens (tertiary/aromatic N) is 2. The zero-order valence-electron chi connectivity index (χ0n) is 16.7. The van der Waals surface area contributed by atoms with Crippen molar-refractivity contribution in [1.29, 1.82) is 0 Å². The van der Waals surface area contributed by atoms with Gasteiger partial charge in [-0.2, -0.15) is 0 Å². The number of rotatable bonds is 5. The number of pyridine rings is 1. The van der Waals surface area contributed by atoms with E-state index in [1.807, 2.05) is 55.5 Å². The first-order valence-electron chi connectivity index (χ1n) is 9.91. The predicted octanol–water partition coefficient (Wildman–Crippen LogP) is 4.33. The van der Waals surface area contributed by atoms with Gasteiger partial charge < -0.3 is 10.0 Å². The maximum absolute atomic E-state index is 13.5. The van der Waals surface area contributed by atoms with Gasteiger partial charge in [-0.1, -0.05) is 42.5 Å². The molecule has 0 aliphatic carbocycles. The summed E-state index contributed by atoms with van der Waals surface area (Å²) >= 11 is 0. The molecule has 0 saturated heterocycles. The number of hydrogen-bond acceptors (Lipinski definition) is 3. The maximum Gasteiger partial charge on any atom is 0.210 e. The summed E-state index contributed by atoms with van der Waals surface area (Å²) in [5.41, 5.74) is 5.59. The van der Waals surface area contributed by atoms with Gasteiger partial charge in [-0.3, -0.25) is 9.78 Å². The van der Waals surface area contributed by atoms with Gasteiger partial charge in [0.05, 0.1) is 18.3 Å². The molecule has 1 aliphatic rings. The number of halogens is 1. The van der Waals surface area contributed by atoms with Crippen molar-refractivity contribution in [3.63, 3.8) is 0 Å². The summed E-state index contributed by atoms with van der Waals surface area (Å²) in [6.45, 7) is 2.34. The van der Waals surface area contributed by atoms with Crippen molar-refractivity contribution in [2.75, 3.05) is 6.61 Å². The molecule has 4 nitrogen and oxygen atoms in total. The van der Waals surface area contributed by atoms with E-state index in [9.17, 15) is 14.3 Å². The topological polar surface area (TPSA) is 53.4 Å². The molecule has 5 heteroatoms. The first-order chi connectivity index (χ1) is 14.6. The van der Waals surface area contributed by atoms with Crippen LogP contribution in [0, 0.1) is 12.7 Å². The largest absolute Gasteiger partial charge is 0.394 e. The normalized spacial score (nSPS) is 18.4. The van der Waals surface area contributed by atoms with Crippen LogP contribution in [0.1, 0.15) is 28.3 Å². The van der Waals surface area contributed by atoms with Crippen molar-refractivity contribution in [3.05, 3.63) is 95.1 Å². The molecule has 2 heterocycles. The summed E-state index contributed by atoms with van der Waals surface area (Å²) in [5.74, 6) is -0.408. The third-order valence-corrected chi connectivity index (χ3v) is 5.67. The van der Waals surface area contributed by atoms with Crippen LogP contribution in [-0.4, -0.2) is 34.0 Å². The number of fused-ring (bicyclic) bond motifs is 1. The van der Waals surface area contributed by atoms with Crippen LogP contribution in [0.5, 0.6) is 0 Å². The molecule has 2 aromatic carbocycles. The lowest BCUT2D eigenvalue weighted by Gasteiger charge is -2.38. The van der Waals surface area contributed by atoms with Crippen LogP contribution in [0.2, 0.25) is 0 Å². The lowest BCUT2D eigenvalue weighted by atomic mass is 9.83. The molecule has 0 saturated carbocycles. The van der Waals surface area contributed by atoms with Gasteiger partial charge >= 0.3 is 0 Å². The summed E-state index contributed by atoms with van der Waals surface area (Å²) < 4.78 is 13.5. The zero-order chi connectivity index (χ0) is 21.1. The zero-order valence-corrected chi connectivity index (χ0v) is 16.7. The van der Waals surface area contributed by atoms with E-state index in [0.29, 0.717) is 6.54 Å². The highest BCUT2D eigenvalue weighted by atomic mass is 19.1. The number of aromatic nitrogens is 1. The fraction of sp³-hybridized carbons (Fsp3) is 0.200. The van der Waals surface area contributed by atoms with Crippen LogP contribution in [0.25, 0.3) is 17.2 Å². The van der Waals surface area contributed by atoms with E-state index in [4.69, 9.17) is 0 Å². The average molecular weight is 402 g/mol. The van der Waals surface area contributed by atoms with Gasteiger partial charge in [0.25, 0.3) is 0 Å². The molecule has 0 bridgehead atoms. The van der Waals surface area contributed by atoms with E-state index in [1.165, 1.54) is 12.1 Å². The summed E-state index contributed by atoms with van der Waals surface area (Å²) in [7, 11) is 0. The first kappa shape index (κ1) is 20.0. The molecule has 1 amide bonds. The number of carbonyl (C=O) groups excluding carboxylic acids is 1. The van der Waals surface area contributed by atoms with Crippen molar-refractivity contribution < 1.29 is 14.3 Å². The Balaban J connectivity index is 1.66. The Hall–Kier alpha value is -3.31. The molecule has 2 atom stereocenters. The SMILES string of the molecule is Cc1cc(-c2cccc(F)c2)cnc1/C=C/C1c2ccccc2CN(C=O)C1CO. The Labute approximate surface area is 175 Å². The standard InChI is InChI=1S/C25H23FN2O2/c1-17-11-20(18-6-4-7-21(26)12-18)13-27-24(17)10-9-23-22-8-3-2-5-19(22)14-28(16-30)25(23)15-29/h2-13,16,23,25,29H,14-15H2,1H3/b10-9+. The molecule has 30 heavy (non-hydrogen) atoms. The third kappa shape index (κ3) is 3.89. The number of carbonyl (C=O) groups is 1. The van der Waals surface area contributed by atoms with Crippen molar-refractivity contribution in [2.24, 2.45) is 0 Å². The highest BCUT2D eigenvalue weighted by molar-refractivity contribution is 5.65. The molecule has 152 valence electrons. The summed E-state index contributed by atoms with van der Waals surface area (Å²) in [4.78, 5) is 17.8. The fourth-order valence-corrected chi connectivity index (χ4v) is 4.08. The van der Waals surface area contributed by atoms with E-state index in [1.54, 1.807) is 17.2 Å². The monoisotopic (exact) mass is 402 g/mol. The number of aryl methyl sites for hydroxylation is 1. The number of aliphatic hydroxyl groups is 1. The van der Waals surface area contributed by atoms with E-state index < -0.39 is 0 Å². The number of aliphatic hydroxyl groups excluding tert-OH is 1. The quantitative estimate of drug-likeness (QED) is 0.647. The Morgan fingerprint density at radius 3 is 2.73 bits per heavy atom. The van der Waals surface area contributed by atoms with Crippen LogP contribution >= 0.6 is 0 Å². The van der Waals surface area contributed by atoms with Crippen LogP contribution in [0.3, 0.4) is 0 Å². The number of benzene rings is 2. The Bertz CT molecular complexity index is 1100. The molecule has 1 N–H and O–H groups in total. The van der Waals surface area contributed by atoms with Gasteiger partial charge in [0.1, 0.15) is 5.82 Å². The van der Waals surface area contributed by atoms with Gasteiger partial charge in [-0.15, -0.1) is 0 Å². The van der Waals surface area contributed by atoms with E-state index in [2.05, 4.69) is 4.98 Å². The molecule has 0 radical (unpaired) electrons. The molecule has 0 fully saturated rings. The van der Waals surface area contributed by atoms with Crippen molar-refractivity contribution in [1.82, 2.24) is 9.88 Å². The number of hydrogen-bond donors (Lipinski definition) is 1. The minimum absolute atomic E-state index is 0.118. The highest BCUT2D eigenvalue weighted by Crippen LogP contribution is 2.34. The van der Waals surface area contributed by atoms with Gasteiger partial charge in [0, 0.05) is 24.2 Å². The Kier molecular flexibility index (Phi) is 5.72. The molecule has 0 spiro atoms. The second-order valence-corrected chi connectivity index (χ2v) is 7.55. The minimum Gasteiger partial charge on any atom is -0.394 e. The first-order valence-corrected chi connectivity index (χ1v) is 9.91. The summed E-state index contributed by atoms with van der Waals surface area (Å²) in [5, 5.41) is 9.94. The molecular formula is C25H23FN2O2. The van der Waals surface area contributed by atoms with E-state index >= 15 is 0 Å². The van der Waals surface area contributed by atoms with Crippen LogP contribution in [0.15, 0.2) is 66.9 Å². The average Bonchev–Trinajstić information content (AvgIpc) is 2.77. The van der Waals surface area contributed by atoms with Crippen molar-refractivity contribution in [3.8, 4) is 11.1 Å². The smallest absolute Gasteiger partial charge is 0.210 e. The Morgan fingerprint density at radius 2 is 2.00 bits per heavy atom. The third-order valence-electron chi connectivity index (χ3n) is 5.67. The lowest BCUT2D eigenvalue weighted by molar-refractivity contribution is -0.122. The second-order valence-electron chi connectivity index (χ2n) is 7.55. The minimum atomic E-state index is -0.319. The highest BCUT2D eigenvalue weighted by Gasteiger charge is 2.32. The molecule has 1 aromatic heterocycles. The fourth-order valence-electron chi connectivity index (χ4n) is 4.08. The van der Waals surface area contributed by atoms with Gasteiger partial charge in [0.2, 0.25) is 6.41 Å². The Morgan fingerprint density at radius 1 is 1.17 bits per heavy atom. The molecule has 1 aliphatic heterocycles. The van der Waals surface area contributed by atoms with E-state index in [-0.39, 0.29) is 24.4 Å². The second kappa shape index (κ2) is 8.59. The van der Waals surface area contributed by atoms with Crippen LogP contribution in [-0.2, 0) is 11.3 Å². The predicted molar refractivity (Wildman–Crippen MR) is 115 cm³/mol. The van der Waals surface area contributed by atoms with Crippen molar-refractivity contribution >= 4 is 12.5 Å².